The number of aliphatic hydroxyl groups is 1. The lowest BCUT2D eigenvalue weighted by Crippen LogP contribution is -2.43. The molecule has 0 unspecified atom stereocenters. The van der Waals surface area contributed by atoms with Crippen molar-refractivity contribution in [2.75, 3.05) is 37.7 Å². The van der Waals surface area contributed by atoms with E-state index in [1.54, 1.807) is 0 Å². The van der Waals surface area contributed by atoms with Crippen LogP contribution in [0.15, 0.2) is 18.2 Å². The van der Waals surface area contributed by atoms with Crippen LogP contribution in [0.2, 0.25) is 0 Å². The van der Waals surface area contributed by atoms with Crippen molar-refractivity contribution in [1.82, 2.24) is 5.32 Å². The summed E-state index contributed by atoms with van der Waals surface area (Å²) in [5.74, 6) is 0. The van der Waals surface area contributed by atoms with Gasteiger partial charge in [-0.3, -0.25) is 0 Å². The third-order valence-electron chi connectivity index (χ3n) is 3.56. The number of hydrogen-bond acceptors (Lipinski definition) is 4. The lowest BCUT2D eigenvalue weighted by molar-refractivity contribution is 0.0234. The molecule has 2 aliphatic rings. The molecule has 2 aliphatic heterocycles. The summed E-state index contributed by atoms with van der Waals surface area (Å²) in [6.45, 7) is 4.91. The van der Waals surface area contributed by atoms with Gasteiger partial charge in [-0.2, -0.15) is 0 Å². The minimum absolute atomic E-state index is 0.0694. The fourth-order valence-corrected chi connectivity index (χ4v) is 2.58. The number of rotatable bonds is 2. The van der Waals surface area contributed by atoms with Gasteiger partial charge < -0.3 is 20.1 Å². The molecule has 1 fully saturated rings. The average Bonchev–Trinajstić information content (AvgIpc) is 2.81. The van der Waals surface area contributed by atoms with E-state index in [1.165, 1.54) is 11.3 Å². The summed E-state index contributed by atoms with van der Waals surface area (Å²) >= 11 is 0. The number of aliphatic hydroxyl groups excluding tert-OH is 1. The summed E-state index contributed by atoms with van der Waals surface area (Å²) in [5, 5.41) is 12.5. The van der Waals surface area contributed by atoms with E-state index in [0.717, 1.165) is 31.7 Å². The number of nitrogens with zero attached hydrogens (tertiary/aromatic N) is 1. The molecule has 1 saturated heterocycles. The molecule has 0 aliphatic carbocycles. The van der Waals surface area contributed by atoms with E-state index in [4.69, 9.17) is 4.74 Å². The Hall–Kier alpha value is -1.10. The number of benzene rings is 1. The second kappa shape index (κ2) is 4.64. The summed E-state index contributed by atoms with van der Waals surface area (Å²) in [6, 6.07) is 6.44. The summed E-state index contributed by atoms with van der Waals surface area (Å²) in [7, 11) is 0. The fraction of sp³-hybridized carbons (Fsp3) is 0.538. The molecule has 0 amide bonds. The van der Waals surface area contributed by atoms with Gasteiger partial charge in [-0.05, 0) is 23.3 Å². The molecule has 0 aromatic heterocycles. The summed E-state index contributed by atoms with van der Waals surface area (Å²) in [6.07, 6.45) is -0.123. The van der Waals surface area contributed by atoms with Crippen molar-refractivity contribution in [3.05, 3.63) is 29.3 Å². The molecule has 17 heavy (non-hydrogen) atoms. The molecule has 0 saturated carbocycles. The van der Waals surface area contributed by atoms with Crippen LogP contribution in [0, 0.1) is 0 Å². The Bertz CT molecular complexity index is 402. The van der Waals surface area contributed by atoms with Gasteiger partial charge in [0, 0.05) is 31.9 Å². The highest BCUT2D eigenvalue weighted by Gasteiger charge is 2.23. The van der Waals surface area contributed by atoms with E-state index in [1.807, 2.05) is 0 Å². The standard InChI is InChI=1S/C13H18N2O2/c16-8-13-12-2-1-11(7-10(12)9-17-13)15-5-3-14-4-6-15/h1-2,7,13-14,16H,3-6,8-9H2/t13-/m0/s1. The minimum atomic E-state index is -0.123. The number of ether oxygens (including phenoxy) is 1. The molecule has 2 heterocycles. The molecular weight excluding hydrogens is 216 g/mol. The number of nitrogens with one attached hydrogen (secondary N) is 1. The van der Waals surface area contributed by atoms with Gasteiger partial charge in [0.25, 0.3) is 0 Å². The first kappa shape index (κ1) is 11.0. The summed E-state index contributed by atoms with van der Waals surface area (Å²) < 4.78 is 5.53. The highest BCUT2D eigenvalue weighted by molar-refractivity contribution is 5.52. The van der Waals surface area contributed by atoms with Crippen LogP contribution in [0.25, 0.3) is 0 Å². The summed E-state index contributed by atoms with van der Waals surface area (Å²) in [5.41, 5.74) is 3.64. The zero-order valence-electron chi connectivity index (χ0n) is 9.85. The SMILES string of the molecule is OC[C@@H]1OCc2cc(N3CCNCC3)ccc21. The van der Waals surface area contributed by atoms with Crippen LogP contribution >= 0.6 is 0 Å². The molecule has 92 valence electrons. The van der Waals surface area contributed by atoms with Gasteiger partial charge >= 0.3 is 0 Å². The first-order chi connectivity index (χ1) is 8.38. The van der Waals surface area contributed by atoms with Crippen LogP contribution in [0.1, 0.15) is 17.2 Å². The zero-order valence-corrected chi connectivity index (χ0v) is 9.85. The van der Waals surface area contributed by atoms with Crippen LogP contribution < -0.4 is 10.2 Å². The Morgan fingerprint density at radius 2 is 2.18 bits per heavy atom. The molecule has 2 N–H and O–H groups in total. The number of anilines is 1. The lowest BCUT2D eigenvalue weighted by atomic mass is 10.0. The molecule has 0 radical (unpaired) electrons. The Morgan fingerprint density at radius 3 is 2.94 bits per heavy atom. The van der Waals surface area contributed by atoms with Gasteiger partial charge in [-0.15, -0.1) is 0 Å². The molecule has 1 aromatic rings. The van der Waals surface area contributed by atoms with Gasteiger partial charge in [0.15, 0.2) is 0 Å². The number of fused-ring (bicyclic) bond motifs is 1. The van der Waals surface area contributed by atoms with Gasteiger partial charge in [-0.25, -0.2) is 0 Å². The first-order valence-corrected chi connectivity index (χ1v) is 6.19. The van der Waals surface area contributed by atoms with Crippen LogP contribution in [0.3, 0.4) is 0 Å². The molecule has 4 nitrogen and oxygen atoms in total. The van der Waals surface area contributed by atoms with Gasteiger partial charge in [0.05, 0.1) is 13.2 Å². The van der Waals surface area contributed by atoms with Gasteiger partial charge in [0.2, 0.25) is 0 Å². The largest absolute Gasteiger partial charge is 0.393 e. The highest BCUT2D eigenvalue weighted by Crippen LogP contribution is 2.32. The van der Waals surface area contributed by atoms with Gasteiger partial charge in [-0.1, -0.05) is 6.07 Å². The smallest absolute Gasteiger partial charge is 0.106 e. The Balaban J connectivity index is 1.84. The predicted molar refractivity (Wildman–Crippen MR) is 66.1 cm³/mol. The molecule has 0 spiro atoms. The maximum atomic E-state index is 9.19. The third kappa shape index (κ3) is 2.04. The van der Waals surface area contributed by atoms with Crippen LogP contribution in [0.4, 0.5) is 5.69 Å². The molecule has 4 heteroatoms. The van der Waals surface area contributed by atoms with Crippen molar-refractivity contribution in [3.63, 3.8) is 0 Å². The third-order valence-corrected chi connectivity index (χ3v) is 3.56. The van der Waals surface area contributed by atoms with Crippen molar-refractivity contribution < 1.29 is 9.84 Å². The molecule has 1 atom stereocenters. The Morgan fingerprint density at radius 1 is 1.35 bits per heavy atom. The van der Waals surface area contributed by atoms with E-state index in [0.29, 0.717) is 6.61 Å². The van der Waals surface area contributed by atoms with Crippen molar-refractivity contribution in [2.45, 2.75) is 12.7 Å². The Kier molecular flexibility index (Phi) is 3.01. The zero-order chi connectivity index (χ0) is 11.7. The van der Waals surface area contributed by atoms with Crippen molar-refractivity contribution in [3.8, 4) is 0 Å². The van der Waals surface area contributed by atoms with Crippen LogP contribution in [-0.4, -0.2) is 37.9 Å². The van der Waals surface area contributed by atoms with E-state index >= 15 is 0 Å². The topological polar surface area (TPSA) is 44.7 Å². The monoisotopic (exact) mass is 234 g/mol. The quantitative estimate of drug-likeness (QED) is 0.789. The lowest BCUT2D eigenvalue weighted by Gasteiger charge is -2.29. The highest BCUT2D eigenvalue weighted by atomic mass is 16.5. The maximum absolute atomic E-state index is 9.19. The van der Waals surface area contributed by atoms with Gasteiger partial charge in [0.1, 0.15) is 6.10 Å². The number of piperazine rings is 1. The van der Waals surface area contributed by atoms with E-state index < -0.39 is 0 Å². The predicted octanol–water partition coefficient (Wildman–Crippen LogP) is 0.660. The van der Waals surface area contributed by atoms with E-state index in [-0.39, 0.29) is 12.7 Å². The van der Waals surface area contributed by atoms with Crippen LogP contribution in [-0.2, 0) is 11.3 Å². The fourth-order valence-electron chi connectivity index (χ4n) is 2.58. The minimum Gasteiger partial charge on any atom is -0.393 e. The molecule has 3 rings (SSSR count). The average molecular weight is 234 g/mol. The molecular formula is C13H18N2O2. The van der Waals surface area contributed by atoms with E-state index in [2.05, 4.69) is 28.4 Å². The maximum Gasteiger partial charge on any atom is 0.106 e. The first-order valence-electron chi connectivity index (χ1n) is 6.19. The van der Waals surface area contributed by atoms with Crippen LogP contribution in [0.5, 0.6) is 0 Å². The van der Waals surface area contributed by atoms with Crippen molar-refractivity contribution in [1.29, 1.82) is 0 Å². The second-order valence-corrected chi connectivity index (χ2v) is 4.60. The van der Waals surface area contributed by atoms with E-state index in [9.17, 15) is 5.11 Å². The summed E-state index contributed by atoms with van der Waals surface area (Å²) in [4.78, 5) is 2.39. The molecule has 0 bridgehead atoms. The normalized spacial score (nSPS) is 23.8. The second-order valence-electron chi connectivity index (χ2n) is 4.60. The van der Waals surface area contributed by atoms with Crippen molar-refractivity contribution in [2.24, 2.45) is 0 Å². The molecule has 1 aromatic carbocycles. The number of hydrogen-bond donors (Lipinski definition) is 2. The van der Waals surface area contributed by atoms with Crippen molar-refractivity contribution >= 4 is 5.69 Å². The Labute approximate surface area is 101 Å².